The van der Waals surface area contributed by atoms with Crippen LogP contribution >= 0.6 is 11.3 Å². The second kappa shape index (κ2) is 4.42. The van der Waals surface area contributed by atoms with Gasteiger partial charge < -0.3 is 10.3 Å². The van der Waals surface area contributed by atoms with Crippen LogP contribution < -0.4 is 5.32 Å². The first-order valence-corrected chi connectivity index (χ1v) is 6.64. The summed E-state index contributed by atoms with van der Waals surface area (Å²) in [4.78, 5) is 13.1. The van der Waals surface area contributed by atoms with Gasteiger partial charge in [-0.05, 0) is 32.0 Å². The number of rotatable bonds is 3. The first-order chi connectivity index (χ1) is 8.70. The fourth-order valence-electron chi connectivity index (χ4n) is 1.92. The number of H-pyrrole nitrogens is 1. The minimum Gasteiger partial charge on any atom is -0.380 e. The topological polar surface area (TPSA) is 53.6 Å². The number of nitrogens with zero attached hydrogens (tertiary/aromatic N) is 2. The van der Waals surface area contributed by atoms with Crippen molar-refractivity contribution in [2.75, 3.05) is 5.32 Å². The number of nitrogens with one attached hydrogen (secondary N) is 2. The molecule has 0 aliphatic carbocycles. The summed E-state index contributed by atoms with van der Waals surface area (Å²) in [6.07, 6.45) is 1.92. The largest absolute Gasteiger partial charge is 0.380 e. The number of hydrogen-bond acceptors (Lipinski definition) is 4. The standard InChI is InChI=1S/C13H14N4S/c1-8-16-12-4-3-10(5-13(12)17-8)15-7-11-6-14-9(2)18-11/h3-6,15H,7H2,1-2H3,(H,16,17). The summed E-state index contributed by atoms with van der Waals surface area (Å²) in [6.45, 7) is 4.80. The predicted octanol–water partition coefficient (Wildman–Crippen LogP) is 3.25. The van der Waals surface area contributed by atoms with E-state index in [1.807, 2.05) is 26.1 Å². The first kappa shape index (κ1) is 11.2. The molecule has 2 aromatic heterocycles. The lowest BCUT2D eigenvalue weighted by molar-refractivity contribution is 1.17. The van der Waals surface area contributed by atoms with Crippen LogP contribution in [0.5, 0.6) is 0 Å². The Bertz CT molecular complexity index is 683. The maximum atomic E-state index is 4.38. The Morgan fingerprint density at radius 2 is 2.22 bits per heavy atom. The molecular formula is C13H14N4S. The number of anilines is 1. The summed E-state index contributed by atoms with van der Waals surface area (Å²) >= 11 is 1.72. The molecule has 0 unspecified atom stereocenters. The second-order valence-electron chi connectivity index (χ2n) is 4.25. The molecule has 0 amide bonds. The van der Waals surface area contributed by atoms with E-state index in [1.54, 1.807) is 11.3 Å². The van der Waals surface area contributed by atoms with E-state index >= 15 is 0 Å². The van der Waals surface area contributed by atoms with Gasteiger partial charge in [0.05, 0.1) is 22.6 Å². The molecule has 0 radical (unpaired) electrons. The summed E-state index contributed by atoms with van der Waals surface area (Å²) < 4.78 is 0. The van der Waals surface area contributed by atoms with Gasteiger partial charge in [-0.15, -0.1) is 11.3 Å². The Kier molecular flexibility index (Phi) is 2.76. The van der Waals surface area contributed by atoms with Crippen molar-refractivity contribution in [3.63, 3.8) is 0 Å². The van der Waals surface area contributed by atoms with E-state index in [0.29, 0.717) is 0 Å². The molecule has 1 aromatic carbocycles. The van der Waals surface area contributed by atoms with E-state index in [-0.39, 0.29) is 0 Å². The fourth-order valence-corrected chi connectivity index (χ4v) is 2.66. The average molecular weight is 258 g/mol. The molecular weight excluding hydrogens is 244 g/mol. The van der Waals surface area contributed by atoms with Crippen molar-refractivity contribution in [2.24, 2.45) is 0 Å². The second-order valence-corrected chi connectivity index (χ2v) is 5.57. The van der Waals surface area contributed by atoms with Crippen molar-refractivity contribution in [3.05, 3.63) is 40.1 Å². The molecule has 2 N–H and O–H groups in total. The SMILES string of the molecule is Cc1nc2ccc(NCc3cnc(C)s3)cc2[nH]1. The fraction of sp³-hybridized carbons (Fsp3) is 0.231. The summed E-state index contributed by atoms with van der Waals surface area (Å²) in [7, 11) is 0. The molecule has 92 valence electrons. The average Bonchev–Trinajstić information content (AvgIpc) is 2.90. The zero-order valence-corrected chi connectivity index (χ0v) is 11.1. The highest BCUT2D eigenvalue weighted by Gasteiger charge is 2.02. The number of benzene rings is 1. The van der Waals surface area contributed by atoms with Gasteiger partial charge in [0.15, 0.2) is 0 Å². The van der Waals surface area contributed by atoms with Gasteiger partial charge in [-0.25, -0.2) is 9.97 Å². The highest BCUT2D eigenvalue weighted by atomic mass is 32.1. The smallest absolute Gasteiger partial charge is 0.104 e. The Morgan fingerprint density at radius 1 is 1.33 bits per heavy atom. The van der Waals surface area contributed by atoms with E-state index in [9.17, 15) is 0 Å². The van der Waals surface area contributed by atoms with Crippen LogP contribution in [0, 0.1) is 13.8 Å². The third-order valence-electron chi connectivity index (χ3n) is 2.74. The van der Waals surface area contributed by atoms with Gasteiger partial charge >= 0.3 is 0 Å². The Labute approximate surface area is 109 Å². The molecule has 0 atom stereocenters. The third-order valence-corrected chi connectivity index (χ3v) is 3.65. The number of hydrogen-bond donors (Lipinski definition) is 2. The zero-order chi connectivity index (χ0) is 12.5. The predicted molar refractivity (Wildman–Crippen MR) is 75.0 cm³/mol. The third kappa shape index (κ3) is 2.22. The minimum atomic E-state index is 0.810. The molecule has 0 aliphatic heterocycles. The van der Waals surface area contributed by atoms with Crippen molar-refractivity contribution >= 4 is 28.1 Å². The van der Waals surface area contributed by atoms with Crippen LogP contribution in [-0.2, 0) is 6.54 Å². The number of aryl methyl sites for hydroxylation is 2. The lowest BCUT2D eigenvalue weighted by Gasteiger charge is -2.03. The monoisotopic (exact) mass is 258 g/mol. The van der Waals surface area contributed by atoms with E-state index in [0.717, 1.165) is 34.1 Å². The molecule has 0 bridgehead atoms. The molecule has 3 rings (SSSR count). The maximum absolute atomic E-state index is 4.38. The van der Waals surface area contributed by atoms with E-state index in [1.165, 1.54) is 4.88 Å². The molecule has 0 saturated heterocycles. The van der Waals surface area contributed by atoms with Crippen LogP contribution in [0.4, 0.5) is 5.69 Å². The van der Waals surface area contributed by atoms with Gasteiger partial charge in [0.2, 0.25) is 0 Å². The van der Waals surface area contributed by atoms with Crippen LogP contribution in [0.3, 0.4) is 0 Å². The Hall–Kier alpha value is -1.88. The van der Waals surface area contributed by atoms with Gasteiger partial charge in [0.25, 0.3) is 0 Å². The molecule has 0 fully saturated rings. The van der Waals surface area contributed by atoms with Gasteiger partial charge in [-0.3, -0.25) is 0 Å². The normalized spacial score (nSPS) is 11.0. The van der Waals surface area contributed by atoms with Crippen molar-refractivity contribution < 1.29 is 0 Å². The number of imidazole rings is 1. The maximum Gasteiger partial charge on any atom is 0.104 e. The number of aromatic amines is 1. The molecule has 18 heavy (non-hydrogen) atoms. The van der Waals surface area contributed by atoms with Crippen molar-refractivity contribution in [3.8, 4) is 0 Å². The molecule has 5 heteroatoms. The Balaban J connectivity index is 1.78. The first-order valence-electron chi connectivity index (χ1n) is 5.82. The van der Waals surface area contributed by atoms with Gasteiger partial charge in [-0.2, -0.15) is 0 Å². The van der Waals surface area contributed by atoms with Crippen molar-refractivity contribution in [2.45, 2.75) is 20.4 Å². The van der Waals surface area contributed by atoms with Crippen molar-refractivity contribution in [1.29, 1.82) is 0 Å². The minimum absolute atomic E-state index is 0.810. The molecule has 4 nitrogen and oxygen atoms in total. The number of thiazole rings is 1. The van der Waals surface area contributed by atoms with Crippen LogP contribution in [0.1, 0.15) is 15.7 Å². The summed E-state index contributed by atoms with van der Waals surface area (Å²) in [5.41, 5.74) is 3.17. The number of aromatic nitrogens is 3. The highest BCUT2D eigenvalue weighted by molar-refractivity contribution is 7.11. The van der Waals surface area contributed by atoms with Crippen molar-refractivity contribution in [1.82, 2.24) is 15.0 Å². The highest BCUT2D eigenvalue weighted by Crippen LogP contribution is 2.19. The summed E-state index contributed by atoms with van der Waals surface area (Å²) in [6, 6.07) is 6.17. The van der Waals surface area contributed by atoms with Crippen LogP contribution in [-0.4, -0.2) is 15.0 Å². The number of fused-ring (bicyclic) bond motifs is 1. The summed E-state index contributed by atoms with van der Waals surface area (Å²) in [5.74, 6) is 0.945. The molecule has 2 heterocycles. The van der Waals surface area contributed by atoms with Gasteiger partial charge in [0.1, 0.15) is 5.82 Å². The molecule has 0 spiro atoms. The Morgan fingerprint density at radius 3 is 3.00 bits per heavy atom. The van der Waals surface area contributed by atoms with E-state index in [2.05, 4.69) is 32.4 Å². The van der Waals surface area contributed by atoms with E-state index < -0.39 is 0 Å². The van der Waals surface area contributed by atoms with Crippen LogP contribution in [0.15, 0.2) is 24.4 Å². The molecule has 0 aliphatic rings. The lowest BCUT2D eigenvalue weighted by atomic mass is 10.3. The van der Waals surface area contributed by atoms with Crippen LogP contribution in [0.2, 0.25) is 0 Å². The molecule has 0 saturated carbocycles. The van der Waals surface area contributed by atoms with Gasteiger partial charge in [-0.1, -0.05) is 0 Å². The molecule has 3 aromatic rings. The van der Waals surface area contributed by atoms with Gasteiger partial charge in [0, 0.05) is 16.8 Å². The van der Waals surface area contributed by atoms with Crippen LogP contribution in [0.25, 0.3) is 11.0 Å². The quantitative estimate of drug-likeness (QED) is 0.758. The summed E-state index contributed by atoms with van der Waals surface area (Å²) in [5, 5.41) is 4.50. The zero-order valence-electron chi connectivity index (χ0n) is 10.3. The lowest BCUT2D eigenvalue weighted by Crippen LogP contribution is -1.96. The van der Waals surface area contributed by atoms with E-state index in [4.69, 9.17) is 0 Å².